The van der Waals surface area contributed by atoms with Crippen molar-refractivity contribution in [1.82, 2.24) is 4.90 Å². The zero-order valence-electron chi connectivity index (χ0n) is 11.2. The van der Waals surface area contributed by atoms with E-state index < -0.39 is 0 Å². The van der Waals surface area contributed by atoms with Crippen LogP contribution in [0.2, 0.25) is 0 Å². The van der Waals surface area contributed by atoms with E-state index in [4.69, 9.17) is 10.5 Å². The van der Waals surface area contributed by atoms with Crippen LogP contribution < -0.4 is 0 Å². The fraction of sp³-hybridized carbons (Fsp3) is 0.923. The molecule has 0 bridgehead atoms. The molecule has 3 aliphatic rings. The maximum absolute atomic E-state index is 9.00. The molecule has 3 rings (SSSR count). The Kier molecular flexibility index (Phi) is 2.74. The van der Waals surface area contributed by atoms with Gasteiger partial charge in [-0.15, -0.1) is 0 Å². The topological polar surface area (TPSA) is 64.4 Å². The highest BCUT2D eigenvalue weighted by molar-refractivity contribution is 5.89. The normalized spacial score (nSPS) is 42.7. The standard InChI is InChI=1S/C13H21N5/c1-9-4-5-11-13(8-9,16-17-14)10(2)12-15-6-3-7-18(11)12/h9-11H,3-8H2,1-2H3. The maximum atomic E-state index is 9.00. The summed E-state index contributed by atoms with van der Waals surface area (Å²) in [6, 6.07) is 0.388. The predicted octanol–water partition coefficient (Wildman–Crippen LogP) is 2.98. The number of nitrogens with zero attached hydrogens (tertiary/aromatic N) is 5. The monoisotopic (exact) mass is 247 g/mol. The Morgan fingerprint density at radius 1 is 1.44 bits per heavy atom. The van der Waals surface area contributed by atoms with E-state index in [1.807, 2.05) is 0 Å². The molecule has 1 aliphatic carbocycles. The minimum absolute atomic E-state index is 0.240. The van der Waals surface area contributed by atoms with Crippen molar-refractivity contribution < 1.29 is 0 Å². The molecule has 0 amide bonds. The van der Waals surface area contributed by atoms with E-state index >= 15 is 0 Å². The Labute approximate surface area is 108 Å². The summed E-state index contributed by atoms with van der Waals surface area (Å²) in [5, 5.41) is 4.29. The Morgan fingerprint density at radius 2 is 2.28 bits per heavy atom. The molecule has 2 heterocycles. The van der Waals surface area contributed by atoms with Crippen LogP contribution in [0, 0.1) is 11.8 Å². The van der Waals surface area contributed by atoms with Gasteiger partial charge >= 0.3 is 0 Å². The molecule has 5 nitrogen and oxygen atoms in total. The van der Waals surface area contributed by atoms with Gasteiger partial charge in [0.05, 0.1) is 5.54 Å². The van der Waals surface area contributed by atoms with Gasteiger partial charge in [-0.1, -0.05) is 19.0 Å². The molecule has 0 aromatic carbocycles. The summed E-state index contributed by atoms with van der Waals surface area (Å²) >= 11 is 0. The van der Waals surface area contributed by atoms with Crippen LogP contribution in [0.1, 0.15) is 39.5 Å². The molecule has 98 valence electrons. The summed E-state index contributed by atoms with van der Waals surface area (Å²) in [6.45, 7) is 6.50. The Bertz CT molecular complexity index is 425. The third-order valence-electron chi connectivity index (χ3n) is 5.05. The lowest BCUT2D eigenvalue weighted by Gasteiger charge is -2.42. The van der Waals surface area contributed by atoms with Crippen molar-refractivity contribution in [3.63, 3.8) is 0 Å². The Balaban J connectivity index is 2.06. The van der Waals surface area contributed by atoms with Gasteiger partial charge < -0.3 is 4.90 Å². The SMILES string of the molecule is CC1CCC2N3CCCN=C3C(C)C2(N=[N+]=[N-])C1. The molecule has 18 heavy (non-hydrogen) atoms. The summed E-state index contributed by atoms with van der Waals surface area (Å²) in [6.07, 6.45) is 4.53. The van der Waals surface area contributed by atoms with Crippen LogP contribution in [0.3, 0.4) is 0 Å². The quantitative estimate of drug-likeness (QED) is 0.399. The fourth-order valence-corrected chi connectivity index (χ4v) is 4.22. The van der Waals surface area contributed by atoms with Crippen molar-refractivity contribution in [2.24, 2.45) is 21.9 Å². The van der Waals surface area contributed by atoms with Crippen molar-refractivity contribution in [3.8, 4) is 0 Å². The average molecular weight is 247 g/mol. The molecule has 0 spiro atoms. The van der Waals surface area contributed by atoms with Gasteiger partial charge in [0.15, 0.2) is 0 Å². The minimum atomic E-state index is -0.240. The Morgan fingerprint density at radius 3 is 3.06 bits per heavy atom. The maximum Gasteiger partial charge on any atom is 0.103 e. The van der Waals surface area contributed by atoms with Crippen molar-refractivity contribution in [3.05, 3.63) is 10.4 Å². The van der Waals surface area contributed by atoms with Crippen molar-refractivity contribution in [1.29, 1.82) is 0 Å². The molecule has 1 saturated carbocycles. The van der Waals surface area contributed by atoms with Crippen LogP contribution in [0.25, 0.3) is 10.4 Å². The highest BCUT2D eigenvalue weighted by atomic mass is 15.3. The minimum Gasteiger partial charge on any atom is -0.356 e. The van der Waals surface area contributed by atoms with E-state index in [1.165, 1.54) is 12.3 Å². The van der Waals surface area contributed by atoms with E-state index in [2.05, 4.69) is 28.8 Å². The molecule has 2 aliphatic heterocycles. The summed E-state index contributed by atoms with van der Waals surface area (Å²) in [5.41, 5.74) is 8.76. The van der Waals surface area contributed by atoms with Crippen LogP contribution in [-0.4, -0.2) is 35.4 Å². The molecule has 1 saturated heterocycles. The lowest BCUT2D eigenvalue weighted by atomic mass is 9.69. The van der Waals surface area contributed by atoms with Crippen LogP contribution in [-0.2, 0) is 0 Å². The highest BCUT2D eigenvalue weighted by Crippen LogP contribution is 2.49. The van der Waals surface area contributed by atoms with E-state index in [0.29, 0.717) is 12.0 Å². The number of amidine groups is 1. The van der Waals surface area contributed by atoms with Gasteiger partial charge in [0.25, 0.3) is 0 Å². The molecule has 0 N–H and O–H groups in total. The zero-order chi connectivity index (χ0) is 12.8. The van der Waals surface area contributed by atoms with E-state index in [-0.39, 0.29) is 11.5 Å². The van der Waals surface area contributed by atoms with Crippen LogP contribution in [0.15, 0.2) is 10.1 Å². The second-order valence-corrected chi connectivity index (χ2v) is 6.09. The predicted molar refractivity (Wildman–Crippen MR) is 71.5 cm³/mol. The number of fused-ring (bicyclic) bond motifs is 3. The number of hydrogen-bond donors (Lipinski definition) is 0. The van der Waals surface area contributed by atoms with Crippen LogP contribution >= 0.6 is 0 Å². The van der Waals surface area contributed by atoms with Gasteiger partial charge in [-0.05, 0) is 37.1 Å². The molecular weight excluding hydrogens is 226 g/mol. The first-order chi connectivity index (χ1) is 8.69. The molecule has 0 radical (unpaired) electrons. The first-order valence-corrected chi connectivity index (χ1v) is 7.06. The molecule has 5 heteroatoms. The largest absolute Gasteiger partial charge is 0.356 e. The molecule has 0 aromatic rings. The lowest BCUT2D eigenvalue weighted by Crippen LogP contribution is -2.49. The molecule has 4 atom stereocenters. The molecule has 2 fully saturated rings. The van der Waals surface area contributed by atoms with Gasteiger partial charge in [0.1, 0.15) is 5.84 Å². The molecule has 0 aromatic heterocycles. The second kappa shape index (κ2) is 4.16. The third-order valence-corrected chi connectivity index (χ3v) is 5.05. The zero-order valence-corrected chi connectivity index (χ0v) is 11.2. The fourth-order valence-electron chi connectivity index (χ4n) is 4.22. The van der Waals surface area contributed by atoms with E-state index in [1.54, 1.807) is 0 Å². The summed E-state index contributed by atoms with van der Waals surface area (Å²) < 4.78 is 0. The third kappa shape index (κ3) is 1.46. The van der Waals surface area contributed by atoms with Gasteiger partial charge in [-0.25, -0.2) is 0 Å². The number of hydrogen-bond acceptors (Lipinski definition) is 3. The lowest BCUT2D eigenvalue weighted by molar-refractivity contribution is 0.131. The van der Waals surface area contributed by atoms with Gasteiger partial charge in [-0.3, -0.25) is 4.99 Å². The van der Waals surface area contributed by atoms with E-state index in [0.717, 1.165) is 32.4 Å². The van der Waals surface area contributed by atoms with Crippen molar-refractivity contribution >= 4 is 5.84 Å². The Hall–Kier alpha value is -1.22. The molecular formula is C13H21N5. The van der Waals surface area contributed by atoms with Crippen LogP contribution in [0.5, 0.6) is 0 Å². The smallest absolute Gasteiger partial charge is 0.103 e. The second-order valence-electron chi connectivity index (χ2n) is 6.09. The van der Waals surface area contributed by atoms with Gasteiger partial charge in [0.2, 0.25) is 0 Å². The summed E-state index contributed by atoms with van der Waals surface area (Å²) in [7, 11) is 0. The average Bonchev–Trinajstić information content (AvgIpc) is 2.61. The van der Waals surface area contributed by atoms with Gasteiger partial charge in [0, 0.05) is 30.0 Å². The van der Waals surface area contributed by atoms with Crippen molar-refractivity contribution in [2.75, 3.05) is 13.1 Å². The summed E-state index contributed by atoms with van der Waals surface area (Å²) in [4.78, 5) is 10.3. The number of rotatable bonds is 1. The summed E-state index contributed by atoms with van der Waals surface area (Å²) in [5.74, 6) is 2.13. The number of azide groups is 1. The first-order valence-electron chi connectivity index (χ1n) is 7.06. The van der Waals surface area contributed by atoms with Crippen LogP contribution in [0.4, 0.5) is 0 Å². The number of aliphatic imine (C=N–C) groups is 1. The van der Waals surface area contributed by atoms with Crippen molar-refractivity contribution in [2.45, 2.75) is 51.1 Å². The van der Waals surface area contributed by atoms with Gasteiger partial charge in [-0.2, -0.15) is 0 Å². The van der Waals surface area contributed by atoms with E-state index in [9.17, 15) is 0 Å². The molecule has 4 unspecified atom stereocenters. The first kappa shape index (κ1) is 11.8. The highest BCUT2D eigenvalue weighted by Gasteiger charge is 2.57.